The number of thiophene rings is 1. The van der Waals surface area contributed by atoms with Crippen LogP contribution in [0, 0.1) is 6.92 Å². The number of carbonyl (C=O) groups excluding carboxylic acids is 1. The molecular formula is C17H19N3O3S. The van der Waals surface area contributed by atoms with E-state index in [4.69, 9.17) is 4.74 Å². The maximum atomic E-state index is 12.3. The molecule has 6 nitrogen and oxygen atoms in total. The van der Waals surface area contributed by atoms with Crippen LogP contribution in [0.2, 0.25) is 0 Å². The van der Waals surface area contributed by atoms with E-state index in [0.717, 1.165) is 15.9 Å². The van der Waals surface area contributed by atoms with Crippen LogP contribution in [0.25, 0.3) is 10.2 Å². The van der Waals surface area contributed by atoms with Gasteiger partial charge in [-0.2, -0.15) is 5.10 Å². The topological polar surface area (TPSA) is 76.4 Å². The fourth-order valence-corrected chi connectivity index (χ4v) is 3.60. The summed E-state index contributed by atoms with van der Waals surface area (Å²) in [5.74, 6) is 0.475. The van der Waals surface area contributed by atoms with Crippen LogP contribution in [-0.2, 0) is 7.05 Å². The molecule has 0 aliphatic carbocycles. The minimum absolute atomic E-state index is 0.136. The number of aliphatic hydroxyl groups excluding tert-OH is 1. The normalized spacial score (nSPS) is 12.3. The van der Waals surface area contributed by atoms with Gasteiger partial charge < -0.3 is 15.2 Å². The Labute approximate surface area is 143 Å². The molecule has 2 N–H and O–H groups in total. The van der Waals surface area contributed by atoms with Gasteiger partial charge in [0.2, 0.25) is 0 Å². The lowest BCUT2D eigenvalue weighted by Crippen LogP contribution is -2.27. The molecule has 3 aromatic rings. The number of methoxy groups -OCH3 is 1. The Hall–Kier alpha value is -2.38. The maximum absolute atomic E-state index is 12.3. The first-order valence-corrected chi connectivity index (χ1v) is 8.34. The standard InChI is InChI=1S/C17H19N3O3S/c1-10-13-8-15(24-17(13)20(2)19-10)16(22)18-9-14(21)11-5-4-6-12(7-11)23-3/h4-8,14,21H,9H2,1-3H3,(H,18,22). The summed E-state index contributed by atoms with van der Waals surface area (Å²) >= 11 is 1.39. The molecule has 0 bridgehead atoms. The second kappa shape index (κ2) is 6.62. The van der Waals surface area contributed by atoms with E-state index in [9.17, 15) is 9.90 Å². The molecule has 126 valence electrons. The van der Waals surface area contributed by atoms with Gasteiger partial charge >= 0.3 is 0 Å². The number of fused-ring (bicyclic) bond motifs is 1. The van der Waals surface area contributed by atoms with Crippen molar-refractivity contribution in [1.29, 1.82) is 0 Å². The number of ether oxygens (including phenoxy) is 1. The van der Waals surface area contributed by atoms with E-state index in [1.54, 1.807) is 30.0 Å². The van der Waals surface area contributed by atoms with Crippen LogP contribution >= 0.6 is 11.3 Å². The molecule has 1 unspecified atom stereocenters. The quantitative estimate of drug-likeness (QED) is 0.744. The summed E-state index contributed by atoms with van der Waals surface area (Å²) in [4.78, 5) is 13.9. The lowest BCUT2D eigenvalue weighted by molar-refractivity contribution is 0.0920. The molecule has 0 saturated carbocycles. The number of rotatable bonds is 5. The van der Waals surface area contributed by atoms with Crippen molar-refractivity contribution in [2.75, 3.05) is 13.7 Å². The molecule has 1 aromatic carbocycles. The molecule has 0 fully saturated rings. The summed E-state index contributed by atoms with van der Waals surface area (Å²) in [6, 6.07) is 9.01. The number of aryl methyl sites for hydroxylation is 2. The minimum Gasteiger partial charge on any atom is -0.497 e. The van der Waals surface area contributed by atoms with Crippen LogP contribution in [0.15, 0.2) is 30.3 Å². The van der Waals surface area contributed by atoms with E-state index in [1.807, 2.05) is 26.1 Å². The fourth-order valence-electron chi connectivity index (χ4n) is 2.56. The van der Waals surface area contributed by atoms with E-state index in [-0.39, 0.29) is 12.5 Å². The highest BCUT2D eigenvalue weighted by molar-refractivity contribution is 7.20. The molecule has 0 spiro atoms. The predicted octanol–water partition coefficient (Wildman–Crippen LogP) is 2.42. The highest BCUT2D eigenvalue weighted by Crippen LogP contribution is 2.27. The van der Waals surface area contributed by atoms with Gasteiger partial charge in [0.1, 0.15) is 10.6 Å². The van der Waals surface area contributed by atoms with Crippen LogP contribution in [0.5, 0.6) is 5.75 Å². The molecule has 0 radical (unpaired) electrons. The minimum atomic E-state index is -0.790. The van der Waals surface area contributed by atoms with E-state index in [0.29, 0.717) is 16.2 Å². The summed E-state index contributed by atoms with van der Waals surface area (Å²) in [6.07, 6.45) is -0.790. The summed E-state index contributed by atoms with van der Waals surface area (Å²) in [7, 11) is 3.44. The van der Waals surface area contributed by atoms with E-state index in [1.165, 1.54) is 11.3 Å². The molecule has 3 rings (SSSR count). The van der Waals surface area contributed by atoms with Gasteiger partial charge in [0, 0.05) is 19.0 Å². The van der Waals surface area contributed by atoms with Gasteiger partial charge in [0.05, 0.1) is 23.8 Å². The van der Waals surface area contributed by atoms with Crippen molar-refractivity contribution in [3.05, 3.63) is 46.5 Å². The van der Waals surface area contributed by atoms with Gasteiger partial charge in [-0.25, -0.2) is 0 Å². The fraction of sp³-hybridized carbons (Fsp3) is 0.294. The van der Waals surface area contributed by atoms with Gasteiger partial charge in [-0.1, -0.05) is 12.1 Å². The van der Waals surface area contributed by atoms with Crippen molar-refractivity contribution in [2.24, 2.45) is 7.05 Å². The highest BCUT2D eigenvalue weighted by Gasteiger charge is 2.16. The molecule has 2 aromatic heterocycles. The molecule has 7 heteroatoms. The van der Waals surface area contributed by atoms with Crippen molar-refractivity contribution in [1.82, 2.24) is 15.1 Å². The van der Waals surface area contributed by atoms with E-state index >= 15 is 0 Å². The maximum Gasteiger partial charge on any atom is 0.261 e. The Morgan fingerprint density at radius 3 is 2.96 bits per heavy atom. The number of amides is 1. The van der Waals surface area contributed by atoms with Gasteiger partial charge in [-0.15, -0.1) is 11.3 Å². The Balaban J connectivity index is 1.68. The van der Waals surface area contributed by atoms with Crippen molar-refractivity contribution < 1.29 is 14.6 Å². The Kier molecular flexibility index (Phi) is 4.55. The summed E-state index contributed by atoms with van der Waals surface area (Å²) in [5.41, 5.74) is 1.60. The third-order valence-electron chi connectivity index (χ3n) is 3.85. The molecule has 1 atom stereocenters. The lowest BCUT2D eigenvalue weighted by atomic mass is 10.1. The van der Waals surface area contributed by atoms with Crippen LogP contribution in [0.3, 0.4) is 0 Å². The summed E-state index contributed by atoms with van der Waals surface area (Å²) in [6.45, 7) is 2.06. The summed E-state index contributed by atoms with van der Waals surface area (Å²) in [5, 5.41) is 18.3. The van der Waals surface area contributed by atoms with Crippen molar-refractivity contribution in [3.8, 4) is 5.75 Å². The third-order valence-corrected chi connectivity index (χ3v) is 5.06. The van der Waals surface area contributed by atoms with Crippen LogP contribution < -0.4 is 10.1 Å². The Morgan fingerprint density at radius 1 is 1.46 bits per heavy atom. The second-order valence-corrected chi connectivity index (χ2v) is 6.57. The number of nitrogens with zero attached hydrogens (tertiary/aromatic N) is 2. The lowest BCUT2D eigenvalue weighted by Gasteiger charge is -2.12. The second-order valence-electron chi connectivity index (χ2n) is 5.54. The van der Waals surface area contributed by atoms with Crippen LogP contribution in [0.4, 0.5) is 0 Å². The van der Waals surface area contributed by atoms with Crippen molar-refractivity contribution in [3.63, 3.8) is 0 Å². The van der Waals surface area contributed by atoms with Gasteiger partial charge in [-0.05, 0) is 30.7 Å². The van der Waals surface area contributed by atoms with E-state index < -0.39 is 6.10 Å². The SMILES string of the molecule is COc1cccc(C(O)CNC(=O)c2cc3c(C)nn(C)c3s2)c1. The average Bonchev–Trinajstić information content (AvgIpc) is 3.14. The monoisotopic (exact) mass is 345 g/mol. The molecular weight excluding hydrogens is 326 g/mol. The van der Waals surface area contributed by atoms with Crippen molar-refractivity contribution >= 4 is 27.5 Å². The number of benzene rings is 1. The molecule has 24 heavy (non-hydrogen) atoms. The number of carbonyl (C=O) groups is 1. The first-order chi connectivity index (χ1) is 11.5. The molecule has 1 amide bonds. The zero-order chi connectivity index (χ0) is 17.3. The zero-order valence-corrected chi connectivity index (χ0v) is 14.6. The largest absolute Gasteiger partial charge is 0.497 e. The van der Waals surface area contributed by atoms with Gasteiger partial charge in [-0.3, -0.25) is 9.48 Å². The average molecular weight is 345 g/mol. The molecule has 0 aliphatic heterocycles. The Bertz CT molecular complexity index is 850. The predicted molar refractivity (Wildman–Crippen MR) is 93.6 cm³/mol. The van der Waals surface area contributed by atoms with Gasteiger partial charge in [0.15, 0.2) is 0 Å². The summed E-state index contributed by atoms with van der Waals surface area (Å²) < 4.78 is 6.92. The third kappa shape index (κ3) is 3.13. The van der Waals surface area contributed by atoms with E-state index in [2.05, 4.69) is 10.4 Å². The van der Waals surface area contributed by atoms with Crippen molar-refractivity contribution in [2.45, 2.75) is 13.0 Å². The van der Waals surface area contributed by atoms with Gasteiger partial charge in [0.25, 0.3) is 5.91 Å². The smallest absolute Gasteiger partial charge is 0.261 e. The zero-order valence-electron chi connectivity index (χ0n) is 13.7. The first kappa shape index (κ1) is 16.5. The molecule has 2 heterocycles. The number of hydrogen-bond donors (Lipinski definition) is 2. The molecule has 0 saturated heterocycles. The number of aliphatic hydroxyl groups is 1. The number of hydrogen-bond acceptors (Lipinski definition) is 5. The number of nitrogens with one attached hydrogen (secondary N) is 1. The van der Waals surface area contributed by atoms with Crippen LogP contribution in [-0.4, -0.2) is 34.4 Å². The molecule has 0 aliphatic rings. The van der Waals surface area contributed by atoms with Crippen LogP contribution in [0.1, 0.15) is 27.0 Å². The highest BCUT2D eigenvalue weighted by atomic mass is 32.1. The first-order valence-electron chi connectivity index (χ1n) is 7.53. The number of aromatic nitrogens is 2. The Morgan fingerprint density at radius 2 is 2.25 bits per heavy atom.